The first-order valence-corrected chi connectivity index (χ1v) is 21.4. The largest absolute Gasteiger partial charge is 0.455 e. The minimum Gasteiger partial charge on any atom is -0.455 e. The van der Waals surface area contributed by atoms with Crippen LogP contribution in [0.15, 0.2) is 71.9 Å². The van der Waals surface area contributed by atoms with Gasteiger partial charge in [-0.3, -0.25) is 19.3 Å². The number of benzene rings is 2. The summed E-state index contributed by atoms with van der Waals surface area (Å²) in [6, 6.07) is 14.6. The lowest BCUT2D eigenvalue weighted by molar-refractivity contribution is -0.155. The van der Waals surface area contributed by atoms with E-state index in [0.29, 0.717) is 22.5 Å². The number of esters is 2. The number of β-lactam (4-membered cyclic amide) rings is 1. The average molecular weight is 874 g/mol. The molecule has 1 aromatic heterocycles. The molecule has 0 unspecified atom stereocenters. The summed E-state index contributed by atoms with van der Waals surface area (Å²) in [4.78, 5) is 83.8. The second kappa shape index (κ2) is 19.0. The first kappa shape index (κ1) is 44.6. The number of anilines is 1. The highest BCUT2D eigenvalue weighted by Crippen LogP contribution is 2.42. The molecule has 0 aliphatic carbocycles. The summed E-state index contributed by atoms with van der Waals surface area (Å²) in [7, 11) is -3.11. The number of rotatable bonds is 17. The summed E-state index contributed by atoms with van der Waals surface area (Å²) in [6.45, 7) is 3.75. The highest BCUT2D eigenvalue weighted by molar-refractivity contribution is 8.00. The fraction of sp³-hybridized carbons (Fsp3) is 0.378. The van der Waals surface area contributed by atoms with Crippen LogP contribution < -0.4 is 26.8 Å². The number of nitrogens with one attached hydrogen (secondary N) is 3. The number of methoxy groups -OCH3 is 1. The van der Waals surface area contributed by atoms with Crippen LogP contribution in [-0.4, -0.2) is 109 Å². The highest BCUT2D eigenvalue weighted by Gasteiger charge is 2.55. The number of aromatic nitrogens is 1. The van der Waals surface area contributed by atoms with Gasteiger partial charge in [-0.25, -0.2) is 27.8 Å². The van der Waals surface area contributed by atoms with Crippen molar-refractivity contribution in [3.8, 4) is 0 Å². The van der Waals surface area contributed by atoms with Gasteiger partial charge in [0.25, 0.3) is 5.91 Å². The molecule has 1 saturated heterocycles. The zero-order valence-corrected chi connectivity index (χ0v) is 34.7. The minimum absolute atomic E-state index is 0.0308. The fourth-order valence-electron chi connectivity index (χ4n) is 5.86. The molecule has 3 aromatic rings. The van der Waals surface area contributed by atoms with Crippen molar-refractivity contribution >= 4 is 73.9 Å². The standard InChI is InChI=1S/C37H43N7O12S3/c1-37(2,3)56-35(49)31-42-24(29(38)58-31)25(43-59(51,52)16-15-40-23(45)18-53-4)30(46)41-26-32(47)44-27(22(17-54-36(39)50)19-57-33(26)44)34(48)55-28(20-11-7-5-8-12-20)21-13-9-6-10-14-21/h5-14,25-26,28,33,43H,15-19,38H2,1-4H3,(H2,39,50)(H,40,45)(H,41,46)/t25-,26-,33-/m1/s1. The van der Waals surface area contributed by atoms with Crippen molar-refractivity contribution in [2.45, 2.75) is 49.9 Å². The molecular formula is C37H43N7O12S3. The van der Waals surface area contributed by atoms with Gasteiger partial charge in [0.05, 0.1) is 5.75 Å². The van der Waals surface area contributed by atoms with E-state index < -0.39 is 87.3 Å². The summed E-state index contributed by atoms with van der Waals surface area (Å²) in [6.07, 6.45) is -2.03. The molecule has 2 aliphatic rings. The molecule has 0 radical (unpaired) electrons. The Morgan fingerprint density at radius 3 is 2.20 bits per heavy atom. The summed E-state index contributed by atoms with van der Waals surface area (Å²) < 4.78 is 50.0. The number of carbonyl (C=O) groups is 6. The number of ether oxygens (including phenoxy) is 4. The molecule has 2 aliphatic heterocycles. The second-order valence-electron chi connectivity index (χ2n) is 14.0. The van der Waals surface area contributed by atoms with E-state index in [-0.39, 0.29) is 45.9 Å². The predicted octanol–water partition coefficient (Wildman–Crippen LogP) is 1.49. The van der Waals surface area contributed by atoms with Crippen molar-refractivity contribution < 1.29 is 56.1 Å². The number of sulfonamides is 1. The Kier molecular flexibility index (Phi) is 14.4. The number of carbonyl (C=O) groups excluding carboxylic acids is 6. The molecule has 0 saturated carbocycles. The van der Waals surface area contributed by atoms with Gasteiger partial charge in [0.15, 0.2) is 6.10 Å². The van der Waals surface area contributed by atoms with Crippen molar-refractivity contribution in [2.75, 3.05) is 44.1 Å². The van der Waals surface area contributed by atoms with Crippen molar-refractivity contribution in [3.05, 3.63) is 93.8 Å². The van der Waals surface area contributed by atoms with Crippen LogP contribution in [0.5, 0.6) is 0 Å². The number of amides is 4. The maximum absolute atomic E-state index is 14.2. The molecule has 0 bridgehead atoms. The third-order valence-electron chi connectivity index (χ3n) is 8.41. The van der Waals surface area contributed by atoms with Crippen LogP contribution in [0, 0.1) is 0 Å². The number of nitrogen functional groups attached to an aromatic ring is 1. The number of nitrogens with zero attached hydrogens (tertiary/aromatic N) is 2. The molecule has 7 N–H and O–H groups in total. The molecule has 0 spiro atoms. The van der Waals surface area contributed by atoms with Gasteiger partial charge in [-0.2, -0.15) is 4.72 Å². The molecular weight excluding hydrogens is 831 g/mol. The first-order chi connectivity index (χ1) is 27.9. The first-order valence-electron chi connectivity index (χ1n) is 17.8. The fourth-order valence-corrected chi connectivity index (χ4v) is 9.00. The van der Waals surface area contributed by atoms with E-state index >= 15 is 0 Å². The van der Waals surface area contributed by atoms with Crippen LogP contribution in [0.4, 0.5) is 9.80 Å². The lowest BCUT2D eigenvalue weighted by atomic mass is 10.0. The molecule has 3 atom stereocenters. The van der Waals surface area contributed by atoms with Gasteiger partial charge in [-0.05, 0) is 31.9 Å². The Morgan fingerprint density at radius 2 is 1.63 bits per heavy atom. The van der Waals surface area contributed by atoms with Crippen molar-refractivity contribution in [3.63, 3.8) is 0 Å². The zero-order valence-electron chi connectivity index (χ0n) is 32.3. The molecule has 4 amide bonds. The third-order valence-corrected chi connectivity index (χ3v) is 12.0. The molecule has 1 fully saturated rings. The lowest BCUT2D eigenvalue weighted by Crippen LogP contribution is -2.71. The van der Waals surface area contributed by atoms with E-state index in [4.69, 9.17) is 30.4 Å². The van der Waals surface area contributed by atoms with Crippen LogP contribution in [0.1, 0.15) is 59.5 Å². The molecule has 19 nitrogen and oxygen atoms in total. The van der Waals surface area contributed by atoms with E-state index in [1.54, 1.807) is 81.4 Å². The number of fused-ring (bicyclic) bond motifs is 1. The Hall–Kier alpha value is -5.55. The minimum atomic E-state index is -4.39. The maximum Gasteiger partial charge on any atom is 0.404 e. The van der Waals surface area contributed by atoms with Crippen LogP contribution in [0.25, 0.3) is 0 Å². The normalized spacial score (nSPS) is 17.0. The van der Waals surface area contributed by atoms with Gasteiger partial charge in [0.2, 0.25) is 26.8 Å². The zero-order chi connectivity index (χ0) is 43.1. The van der Waals surface area contributed by atoms with E-state index in [9.17, 15) is 37.2 Å². The molecule has 5 rings (SSSR count). The Bertz CT molecular complexity index is 2170. The Balaban J connectivity index is 1.42. The summed E-state index contributed by atoms with van der Waals surface area (Å²) in [5.41, 5.74) is 11.4. The average Bonchev–Trinajstić information content (AvgIpc) is 3.57. The Morgan fingerprint density at radius 1 is 1.00 bits per heavy atom. The van der Waals surface area contributed by atoms with Crippen molar-refractivity contribution in [1.29, 1.82) is 0 Å². The summed E-state index contributed by atoms with van der Waals surface area (Å²) >= 11 is 1.77. The molecule has 59 heavy (non-hydrogen) atoms. The van der Waals surface area contributed by atoms with Gasteiger partial charge in [-0.15, -0.1) is 11.8 Å². The van der Waals surface area contributed by atoms with E-state index in [1.807, 2.05) is 0 Å². The van der Waals surface area contributed by atoms with Crippen LogP contribution in [0.2, 0.25) is 0 Å². The number of thioether (sulfide) groups is 1. The lowest BCUT2D eigenvalue weighted by Gasteiger charge is -2.50. The van der Waals surface area contributed by atoms with Crippen molar-refractivity contribution in [1.82, 2.24) is 25.2 Å². The van der Waals surface area contributed by atoms with E-state index in [0.717, 1.165) is 16.7 Å². The smallest absolute Gasteiger partial charge is 0.404 e. The van der Waals surface area contributed by atoms with Crippen LogP contribution >= 0.6 is 23.1 Å². The van der Waals surface area contributed by atoms with Gasteiger partial charge in [-0.1, -0.05) is 72.0 Å². The number of primary amides is 1. The monoisotopic (exact) mass is 873 g/mol. The topological polar surface area (TPSA) is 278 Å². The van der Waals surface area contributed by atoms with Crippen LogP contribution in [0.3, 0.4) is 0 Å². The maximum atomic E-state index is 14.2. The SMILES string of the molecule is COCC(=O)NCCS(=O)(=O)N[C@@H](C(=O)N[C@@H]1C(=O)N2C(C(=O)OC(c3ccccc3)c3ccccc3)=C(COC(N)=O)CS[C@H]12)c1nc(C(=O)OC(C)(C)C)sc1N. The highest BCUT2D eigenvalue weighted by atomic mass is 32.2. The summed E-state index contributed by atoms with van der Waals surface area (Å²) in [5, 5.41) is 3.53. The number of hydrogen-bond acceptors (Lipinski definition) is 16. The van der Waals surface area contributed by atoms with E-state index in [2.05, 4.69) is 20.3 Å². The molecule has 22 heteroatoms. The third kappa shape index (κ3) is 11.4. The molecule has 316 valence electrons. The quantitative estimate of drug-likeness (QED) is 0.0730. The van der Waals surface area contributed by atoms with E-state index in [1.165, 1.54) is 7.11 Å². The van der Waals surface area contributed by atoms with Crippen LogP contribution in [-0.2, 0) is 48.1 Å². The predicted molar refractivity (Wildman–Crippen MR) is 215 cm³/mol. The second-order valence-corrected chi connectivity index (χ2v) is 18.0. The van der Waals surface area contributed by atoms with Gasteiger partial charge >= 0.3 is 18.0 Å². The van der Waals surface area contributed by atoms with Gasteiger partial charge < -0.3 is 41.0 Å². The number of thiazole rings is 1. The van der Waals surface area contributed by atoms with Gasteiger partial charge in [0.1, 0.15) is 52.7 Å². The number of hydrogen-bond donors (Lipinski definition) is 5. The summed E-state index contributed by atoms with van der Waals surface area (Å²) in [5.74, 6) is -4.91. The molecule has 3 heterocycles. The number of nitrogens with two attached hydrogens (primary N) is 2. The van der Waals surface area contributed by atoms with Gasteiger partial charge in [0, 0.05) is 25.0 Å². The Labute approximate surface area is 347 Å². The molecule has 2 aromatic carbocycles. The van der Waals surface area contributed by atoms with Crippen molar-refractivity contribution in [2.24, 2.45) is 5.73 Å².